The standard InChI is InChI=1S/C13H12N4S/c1-9-4-2-3-5-11(9)17-8-10(14)12(16-17)13-15-6-7-18-13/h2-8H,14H2,1H3. The van der Waals surface area contributed by atoms with Crippen molar-refractivity contribution in [1.29, 1.82) is 0 Å². The van der Waals surface area contributed by atoms with Crippen LogP contribution in [0.4, 0.5) is 5.69 Å². The first kappa shape index (κ1) is 11.0. The second-order valence-electron chi connectivity index (χ2n) is 4.00. The van der Waals surface area contributed by atoms with Gasteiger partial charge in [-0.15, -0.1) is 11.3 Å². The molecule has 0 radical (unpaired) electrons. The van der Waals surface area contributed by atoms with Gasteiger partial charge < -0.3 is 5.73 Å². The van der Waals surface area contributed by atoms with Crippen LogP contribution in [0.5, 0.6) is 0 Å². The maximum absolute atomic E-state index is 6.00. The number of anilines is 1. The Balaban J connectivity index is 2.11. The zero-order valence-corrected chi connectivity index (χ0v) is 10.7. The van der Waals surface area contributed by atoms with Gasteiger partial charge in [-0.05, 0) is 18.6 Å². The number of benzene rings is 1. The van der Waals surface area contributed by atoms with E-state index in [0.29, 0.717) is 5.69 Å². The molecule has 90 valence electrons. The summed E-state index contributed by atoms with van der Waals surface area (Å²) in [6, 6.07) is 8.07. The minimum absolute atomic E-state index is 0.646. The van der Waals surface area contributed by atoms with E-state index in [1.165, 1.54) is 11.3 Å². The van der Waals surface area contributed by atoms with Crippen molar-refractivity contribution in [2.75, 3.05) is 5.73 Å². The first-order chi connectivity index (χ1) is 8.75. The fourth-order valence-corrected chi connectivity index (χ4v) is 2.48. The highest BCUT2D eigenvalue weighted by atomic mass is 32.1. The van der Waals surface area contributed by atoms with Gasteiger partial charge >= 0.3 is 0 Å². The summed E-state index contributed by atoms with van der Waals surface area (Å²) >= 11 is 1.54. The molecule has 0 aliphatic rings. The Morgan fingerprint density at radius 2 is 2.11 bits per heavy atom. The molecule has 0 aliphatic carbocycles. The maximum atomic E-state index is 6.00. The molecule has 0 atom stereocenters. The Hall–Kier alpha value is -2.14. The van der Waals surface area contributed by atoms with Crippen molar-refractivity contribution in [3.05, 3.63) is 47.6 Å². The first-order valence-electron chi connectivity index (χ1n) is 5.57. The van der Waals surface area contributed by atoms with E-state index >= 15 is 0 Å². The zero-order valence-electron chi connectivity index (χ0n) is 9.87. The van der Waals surface area contributed by atoms with E-state index in [9.17, 15) is 0 Å². The van der Waals surface area contributed by atoms with Gasteiger partial charge in [-0.1, -0.05) is 18.2 Å². The van der Waals surface area contributed by atoms with E-state index in [0.717, 1.165) is 22.0 Å². The average molecular weight is 256 g/mol. The van der Waals surface area contributed by atoms with Crippen LogP contribution in [-0.2, 0) is 0 Å². The molecule has 3 aromatic rings. The van der Waals surface area contributed by atoms with Gasteiger partial charge in [0.1, 0.15) is 10.7 Å². The summed E-state index contributed by atoms with van der Waals surface area (Å²) < 4.78 is 1.81. The number of nitrogens with zero attached hydrogens (tertiary/aromatic N) is 3. The Labute approximate surface area is 109 Å². The van der Waals surface area contributed by atoms with E-state index in [1.807, 2.05) is 29.8 Å². The first-order valence-corrected chi connectivity index (χ1v) is 6.44. The SMILES string of the molecule is Cc1ccccc1-n1cc(N)c(-c2nccs2)n1. The van der Waals surface area contributed by atoms with E-state index in [1.54, 1.807) is 10.9 Å². The average Bonchev–Trinajstić information content (AvgIpc) is 2.98. The van der Waals surface area contributed by atoms with Crippen LogP contribution in [-0.4, -0.2) is 14.8 Å². The molecular formula is C13H12N4S. The van der Waals surface area contributed by atoms with Crippen LogP contribution in [0, 0.1) is 6.92 Å². The zero-order chi connectivity index (χ0) is 12.5. The van der Waals surface area contributed by atoms with E-state index in [2.05, 4.69) is 23.1 Å². The maximum Gasteiger partial charge on any atom is 0.145 e. The molecule has 1 aromatic carbocycles. The van der Waals surface area contributed by atoms with Crippen LogP contribution in [0.1, 0.15) is 5.56 Å². The van der Waals surface area contributed by atoms with Crippen LogP contribution in [0.2, 0.25) is 0 Å². The third kappa shape index (κ3) is 1.78. The molecule has 4 nitrogen and oxygen atoms in total. The van der Waals surface area contributed by atoms with Gasteiger partial charge in [0.2, 0.25) is 0 Å². The van der Waals surface area contributed by atoms with Gasteiger partial charge in [0, 0.05) is 11.6 Å². The van der Waals surface area contributed by atoms with Crippen LogP contribution in [0.3, 0.4) is 0 Å². The summed E-state index contributed by atoms with van der Waals surface area (Å²) in [6.07, 6.45) is 3.59. The van der Waals surface area contributed by atoms with E-state index < -0.39 is 0 Å². The highest BCUT2D eigenvalue weighted by Crippen LogP contribution is 2.27. The molecule has 0 spiro atoms. The number of thiazole rings is 1. The van der Waals surface area contributed by atoms with Gasteiger partial charge in [0.25, 0.3) is 0 Å². The van der Waals surface area contributed by atoms with Gasteiger partial charge in [0.05, 0.1) is 17.6 Å². The third-order valence-electron chi connectivity index (χ3n) is 2.74. The number of rotatable bonds is 2. The minimum Gasteiger partial charge on any atom is -0.396 e. The highest BCUT2D eigenvalue weighted by Gasteiger charge is 2.12. The topological polar surface area (TPSA) is 56.7 Å². The second-order valence-corrected chi connectivity index (χ2v) is 4.90. The number of aromatic nitrogens is 3. The molecule has 0 unspecified atom stereocenters. The van der Waals surface area contributed by atoms with Gasteiger partial charge in [-0.2, -0.15) is 5.10 Å². The van der Waals surface area contributed by atoms with Crippen molar-refractivity contribution in [1.82, 2.24) is 14.8 Å². The molecule has 5 heteroatoms. The molecule has 0 aliphatic heterocycles. The summed E-state index contributed by atoms with van der Waals surface area (Å²) in [5, 5.41) is 7.29. The molecule has 0 saturated carbocycles. The smallest absolute Gasteiger partial charge is 0.145 e. The lowest BCUT2D eigenvalue weighted by molar-refractivity contribution is 0.876. The normalized spacial score (nSPS) is 10.7. The number of hydrogen-bond donors (Lipinski definition) is 1. The number of aryl methyl sites for hydroxylation is 1. The molecule has 3 rings (SSSR count). The molecule has 0 fully saturated rings. The predicted octanol–water partition coefficient (Wildman–Crippen LogP) is 2.89. The lowest BCUT2D eigenvalue weighted by Gasteiger charge is -2.04. The predicted molar refractivity (Wildman–Crippen MR) is 73.8 cm³/mol. The lowest BCUT2D eigenvalue weighted by atomic mass is 10.2. The van der Waals surface area contributed by atoms with Crippen molar-refractivity contribution in [2.45, 2.75) is 6.92 Å². The number of nitrogen functional groups attached to an aromatic ring is 1. The summed E-state index contributed by atoms with van der Waals surface area (Å²) in [5.74, 6) is 0. The fraction of sp³-hybridized carbons (Fsp3) is 0.0769. The Kier molecular flexibility index (Phi) is 2.60. The van der Waals surface area contributed by atoms with Crippen LogP contribution >= 0.6 is 11.3 Å². The largest absolute Gasteiger partial charge is 0.396 e. The van der Waals surface area contributed by atoms with Crippen molar-refractivity contribution >= 4 is 17.0 Å². The van der Waals surface area contributed by atoms with Gasteiger partial charge in [-0.3, -0.25) is 0 Å². The van der Waals surface area contributed by atoms with Crippen molar-refractivity contribution < 1.29 is 0 Å². The summed E-state index contributed by atoms with van der Waals surface area (Å²) in [7, 11) is 0. The Morgan fingerprint density at radius 3 is 2.83 bits per heavy atom. The summed E-state index contributed by atoms with van der Waals surface area (Å²) in [5.41, 5.74) is 9.59. The Bertz CT molecular complexity index is 670. The third-order valence-corrected chi connectivity index (χ3v) is 3.52. The number of para-hydroxylation sites is 1. The minimum atomic E-state index is 0.646. The lowest BCUT2D eigenvalue weighted by Crippen LogP contribution is -1.97. The molecule has 2 N–H and O–H groups in total. The van der Waals surface area contributed by atoms with Crippen LogP contribution in [0.15, 0.2) is 42.0 Å². The van der Waals surface area contributed by atoms with Crippen molar-refractivity contribution in [3.63, 3.8) is 0 Å². The molecular weight excluding hydrogens is 244 g/mol. The van der Waals surface area contributed by atoms with Gasteiger partial charge in [0.15, 0.2) is 0 Å². The van der Waals surface area contributed by atoms with Gasteiger partial charge in [-0.25, -0.2) is 9.67 Å². The molecule has 0 bridgehead atoms. The van der Waals surface area contributed by atoms with Crippen molar-refractivity contribution in [3.8, 4) is 16.4 Å². The van der Waals surface area contributed by atoms with Crippen molar-refractivity contribution in [2.24, 2.45) is 0 Å². The van der Waals surface area contributed by atoms with E-state index in [4.69, 9.17) is 5.73 Å². The summed E-state index contributed by atoms with van der Waals surface area (Å²) in [6.45, 7) is 2.05. The molecule has 0 saturated heterocycles. The monoisotopic (exact) mass is 256 g/mol. The molecule has 0 amide bonds. The fourth-order valence-electron chi connectivity index (χ4n) is 1.84. The molecule has 2 heterocycles. The van der Waals surface area contributed by atoms with Crippen LogP contribution < -0.4 is 5.73 Å². The van der Waals surface area contributed by atoms with E-state index in [-0.39, 0.29) is 0 Å². The summed E-state index contributed by atoms with van der Waals surface area (Å²) in [4.78, 5) is 4.24. The second kappa shape index (κ2) is 4.27. The number of nitrogens with two attached hydrogens (primary N) is 1. The Morgan fingerprint density at radius 1 is 1.28 bits per heavy atom. The van der Waals surface area contributed by atoms with Crippen LogP contribution in [0.25, 0.3) is 16.4 Å². The highest BCUT2D eigenvalue weighted by molar-refractivity contribution is 7.13. The molecule has 2 aromatic heterocycles. The number of hydrogen-bond acceptors (Lipinski definition) is 4. The quantitative estimate of drug-likeness (QED) is 0.767. The molecule has 18 heavy (non-hydrogen) atoms.